The zero-order valence-corrected chi connectivity index (χ0v) is 22.0. The van der Waals surface area contributed by atoms with Crippen molar-refractivity contribution in [1.82, 2.24) is 9.62 Å². The van der Waals surface area contributed by atoms with Crippen LogP contribution in [0.1, 0.15) is 27.2 Å². The third-order valence-corrected chi connectivity index (χ3v) is 7.59. The quantitative estimate of drug-likeness (QED) is 0.382. The van der Waals surface area contributed by atoms with E-state index in [0.717, 1.165) is 4.31 Å². The monoisotopic (exact) mass is 514 g/mol. The van der Waals surface area contributed by atoms with Gasteiger partial charge in [-0.15, -0.1) is 0 Å². The Hall–Kier alpha value is -2.18. The number of hydrogen-bond acceptors (Lipinski definition) is 8. The second-order valence-electron chi connectivity index (χ2n) is 9.21. The molecule has 2 atom stereocenters. The van der Waals surface area contributed by atoms with E-state index in [-0.39, 0.29) is 54.2 Å². The first-order valence-electron chi connectivity index (χ1n) is 11.5. The summed E-state index contributed by atoms with van der Waals surface area (Å²) in [6.45, 7) is 6.55. The molecule has 0 fully saturated rings. The molecule has 35 heavy (non-hydrogen) atoms. The normalized spacial score (nSPS) is 18.7. The highest BCUT2D eigenvalue weighted by Gasteiger charge is 2.34. The summed E-state index contributed by atoms with van der Waals surface area (Å²) in [5, 5.41) is 12.2. The number of sulfonamides is 1. The topological polar surface area (TPSA) is 124 Å². The molecule has 0 bridgehead atoms. The van der Waals surface area contributed by atoms with E-state index < -0.39 is 16.3 Å². The number of methoxy groups -OCH3 is 2. The Kier molecular flexibility index (Phi) is 11.0. The summed E-state index contributed by atoms with van der Waals surface area (Å²) in [4.78, 5) is 12.6. The molecule has 1 aromatic carbocycles. The second-order valence-corrected chi connectivity index (χ2v) is 11.1. The Morgan fingerprint density at radius 2 is 1.86 bits per heavy atom. The third-order valence-electron chi connectivity index (χ3n) is 5.68. The van der Waals surface area contributed by atoms with Crippen molar-refractivity contribution in [2.75, 3.05) is 53.7 Å². The molecule has 0 unspecified atom stereocenters. The average Bonchev–Trinajstić information content (AvgIpc) is 2.82. The lowest BCUT2D eigenvalue weighted by Crippen LogP contribution is -2.39. The van der Waals surface area contributed by atoms with Gasteiger partial charge in [0.05, 0.1) is 31.8 Å². The van der Waals surface area contributed by atoms with Crippen molar-refractivity contribution in [3.05, 3.63) is 36.1 Å². The molecule has 1 heterocycles. The maximum absolute atomic E-state index is 13.1. The van der Waals surface area contributed by atoms with Gasteiger partial charge in [-0.3, -0.25) is 4.79 Å². The van der Waals surface area contributed by atoms with Gasteiger partial charge in [-0.1, -0.05) is 20.8 Å². The van der Waals surface area contributed by atoms with Gasteiger partial charge in [0.1, 0.15) is 5.75 Å². The molecular weight excluding hydrogens is 476 g/mol. The first-order chi connectivity index (χ1) is 16.5. The first-order valence-corrected chi connectivity index (χ1v) is 13.0. The highest BCUT2D eigenvalue weighted by molar-refractivity contribution is 7.89. The molecule has 1 aromatic rings. The van der Waals surface area contributed by atoms with Crippen LogP contribution in [0.2, 0.25) is 0 Å². The smallest absolute Gasteiger partial charge is 0.286 e. The van der Waals surface area contributed by atoms with Crippen LogP contribution in [0.25, 0.3) is 0 Å². The van der Waals surface area contributed by atoms with Crippen LogP contribution in [0.3, 0.4) is 0 Å². The number of nitrogens with zero attached hydrogens (tertiary/aromatic N) is 1. The number of amides is 1. The number of nitrogens with one attached hydrogen (secondary N) is 1. The summed E-state index contributed by atoms with van der Waals surface area (Å²) in [5.41, 5.74) is -0.135. The van der Waals surface area contributed by atoms with Crippen molar-refractivity contribution in [1.29, 1.82) is 0 Å². The molecule has 0 radical (unpaired) electrons. The van der Waals surface area contributed by atoms with Crippen molar-refractivity contribution in [3.8, 4) is 5.75 Å². The molecule has 0 aromatic heterocycles. The molecule has 198 valence electrons. The Labute approximate surface area is 208 Å². The van der Waals surface area contributed by atoms with Gasteiger partial charge in [0.15, 0.2) is 5.76 Å². The van der Waals surface area contributed by atoms with Crippen molar-refractivity contribution < 1.29 is 37.3 Å². The van der Waals surface area contributed by atoms with Gasteiger partial charge in [-0.2, -0.15) is 4.31 Å². The number of benzene rings is 1. The fraction of sp³-hybridized carbons (Fsp3) is 0.625. The minimum atomic E-state index is -3.85. The predicted octanol–water partition coefficient (Wildman–Crippen LogP) is 1.75. The molecule has 2 rings (SSSR count). The Balaban J connectivity index is 2.06. The lowest BCUT2D eigenvalue weighted by molar-refractivity contribution is -0.153. The molecule has 2 N–H and O–H groups in total. The van der Waals surface area contributed by atoms with Crippen molar-refractivity contribution in [2.24, 2.45) is 11.3 Å². The van der Waals surface area contributed by atoms with Gasteiger partial charge in [0.2, 0.25) is 16.3 Å². The van der Waals surface area contributed by atoms with E-state index in [4.69, 9.17) is 18.9 Å². The number of aliphatic hydroxyl groups is 1. The average molecular weight is 515 g/mol. The van der Waals surface area contributed by atoms with Crippen LogP contribution in [0.15, 0.2) is 41.0 Å². The molecule has 1 aliphatic heterocycles. The lowest BCUT2D eigenvalue weighted by Gasteiger charge is -2.36. The van der Waals surface area contributed by atoms with Gasteiger partial charge in [-0.05, 0) is 41.7 Å². The van der Waals surface area contributed by atoms with Crippen molar-refractivity contribution in [3.63, 3.8) is 0 Å². The van der Waals surface area contributed by atoms with Gasteiger partial charge >= 0.3 is 0 Å². The number of rotatable bonds is 13. The van der Waals surface area contributed by atoms with Crippen LogP contribution in [-0.2, 0) is 29.0 Å². The van der Waals surface area contributed by atoms with E-state index in [9.17, 15) is 18.3 Å². The number of carbonyl (C=O) groups excluding carboxylic acids is 1. The van der Waals surface area contributed by atoms with E-state index in [2.05, 4.69) is 26.1 Å². The number of ether oxygens (including phenoxy) is 4. The molecule has 0 saturated carbocycles. The molecule has 10 nitrogen and oxygen atoms in total. The molecule has 11 heteroatoms. The molecular formula is C24H38N2O8S. The fourth-order valence-electron chi connectivity index (χ4n) is 3.52. The van der Waals surface area contributed by atoms with Gasteiger partial charge in [0, 0.05) is 33.2 Å². The highest BCUT2D eigenvalue weighted by atomic mass is 32.2. The van der Waals surface area contributed by atoms with Gasteiger partial charge in [0.25, 0.3) is 5.91 Å². The largest absolute Gasteiger partial charge is 0.497 e. The minimum Gasteiger partial charge on any atom is -0.497 e. The first kappa shape index (κ1) is 29.1. The van der Waals surface area contributed by atoms with E-state index in [0.29, 0.717) is 25.3 Å². The Morgan fingerprint density at radius 1 is 1.17 bits per heavy atom. The van der Waals surface area contributed by atoms with Gasteiger partial charge in [-0.25, -0.2) is 8.42 Å². The van der Waals surface area contributed by atoms with E-state index in [1.807, 2.05) is 6.08 Å². The number of allylic oxidation sites excluding steroid dienone is 1. The van der Waals surface area contributed by atoms with Crippen LogP contribution >= 0.6 is 0 Å². The van der Waals surface area contributed by atoms with Gasteiger partial charge < -0.3 is 29.4 Å². The number of hydrogen-bond donors (Lipinski definition) is 2. The zero-order chi connectivity index (χ0) is 26.1. The maximum Gasteiger partial charge on any atom is 0.286 e. The van der Waals surface area contributed by atoms with Crippen LogP contribution in [0.5, 0.6) is 5.75 Å². The number of aliphatic hydroxyl groups excluding tert-OH is 1. The Bertz CT molecular complexity index is 941. The Morgan fingerprint density at radius 3 is 2.43 bits per heavy atom. The molecule has 1 aliphatic rings. The van der Waals surface area contributed by atoms with E-state index in [1.165, 1.54) is 19.2 Å². The van der Waals surface area contributed by atoms with Crippen LogP contribution < -0.4 is 10.1 Å². The molecule has 0 saturated heterocycles. The molecule has 0 spiro atoms. The summed E-state index contributed by atoms with van der Waals surface area (Å²) >= 11 is 0. The fourth-order valence-corrected chi connectivity index (χ4v) is 4.94. The zero-order valence-electron chi connectivity index (χ0n) is 21.2. The molecule has 1 amide bonds. The standard InChI is InChI=1S/C24H38N2O8S/c1-24(2,3)18-16-21(23(28)25-10-14-31-4)34-22(17-18)33-15-12-26(11-13-27)35(29,30)20-8-6-19(32-5)7-9-20/h6-9,16,18,22,27H,10-15,17H2,1-5H3,(H,25,28)/t18-,22+/m0/s1. The predicted molar refractivity (Wildman–Crippen MR) is 130 cm³/mol. The summed E-state index contributed by atoms with van der Waals surface area (Å²) < 4.78 is 49.0. The summed E-state index contributed by atoms with van der Waals surface area (Å²) in [7, 11) is -0.800. The van der Waals surface area contributed by atoms with Crippen LogP contribution in [-0.4, -0.2) is 83.7 Å². The van der Waals surface area contributed by atoms with E-state index in [1.54, 1.807) is 19.2 Å². The lowest BCUT2D eigenvalue weighted by atomic mass is 9.77. The van der Waals surface area contributed by atoms with Crippen molar-refractivity contribution in [2.45, 2.75) is 38.4 Å². The second kappa shape index (κ2) is 13.2. The third kappa shape index (κ3) is 8.46. The summed E-state index contributed by atoms with van der Waals surface area (Å²) in [6, 6.07) is 6.04. The van der Waals surface area contributed by atoms with Crippen molar-refractivity contribution >= 4 is 15.9 Å². The molecule has 0 aliphatic carbocycles. The van der Waals surface area contributed by atoms with E-state index >= 15 is 0 Å². The highest BCUT2D eigenvalue weighted by Crippen LogP contribution is 2.36. The number of carbonyl (C=O) groups is 1. The van der Waals surface area contributed by atoms with Crippen LogP contribution in [0, 0.1) is 11.3 Å². The summed E-state index contributed by atoms with van der Waals surface area (Å²) in [6.07, 6.45) is 1.62. The maximum atomic E-state index is 13.1. The van der Waals surface area contributed by atoms with Crippen LogP contribution in [0.4, 0.5) is 0 Å². The SMILES string of the molecule is COCCNC(=O)C1=C[C@H](C(C)(C)C)C[C@H](OCCN(CCO)S(=O)(=O)c2ccc(OC)cc2)O1. The summed E-state index contributed by atoms with van der Waals surface area (Å²) in [5.74, 6) is 0.379. The minimum absolute atomic E-state index is 0.00799.